The Bertz CT molecular complexity index is 1160. The number of sulfonamides is 1. The van der Waals surface area contributed by atoms with Gasteiger partial charge in [-0.25, -0.2) is 8.42 Å². The van der Waals surface area contributed by atoms with Gasteiger partial charge in [-0.2, -0.15) is 4.72 Å². The van der Waals surface area contributed by atoms with Gasteiger partial charge >= 0.3 is 0 Å². The molecule has 33 heavy (non-hydrogen) atoms. The normalized spacial score (nSPS) is 14.1. The number of nitrogens with one attached hydrogen (secondary N) is 2. The van der Waals surface area contributed by atoms with Gasteiger partial charge in [-0.05, 0) is 48.2 Å². The van der Waals surface area contributed by atoms with E-state index in [-0.39, 0.29) is 16.7 Å². The number of methoxy groups -OCH3 is 2. The maximum Gasteiger partial charge on any atom is 0.242 e. The van der Waals surface area contributed by atoms with Crippen molar-refractivity contribution in [3.8, 4) is 11.5 Å². The lowest BCUT2D eigenvalue weighted by Crippen LogP contribution is -2.47. The summed E-state index contributed by atoms with van der Waals surface area (Å²) in [6, 6.07) is 8.53. The van der Waals surface area contributed by atoms with Crippen LogP contribution in [0.25, 0.3) is 0 Å². The number of amides is 2. The maximum atomic E-state index is 13.1. The summed E-state index contributed by atoms with van der Waals surface area (Å²) < 4.78 is 39.2. The van der Waals surface area contributed by atoms with Crippen LogP contribution in [-0.2, 0) is 26.0 Å². The van der Waals surface area contributed by atoms with Gasteiger partial charge in [0.25, 0.3) is 0 Å². The highest BCUT2D eigenvalue weighted by atomic mass is 32.2. The number of nitrogens with zero attached hydrogens (tertiary/aromatic N) is 1. The number of fused-ring (bicyclic) bond motifs is 1. The Morgan fingerprint density at radius 3 is 2.33 bits per heavy atom. The molecule has 178 valence electrons. The zero-order chi connectivity index (χ0) is 24.3. The number of hydrogen-bond donors (Lipinski definition) is 2. The molecular weight excluding hydrogens is 446 g/mol. The molecular formula is C23H29N3O6S. The summed E-state index contributed by atoms with van der Waals surface area (Å²) in [6.45, 7) is 5.51. The fraction of sp³-hybridized carbons (Fsp3) is 0.391. The Morgan fingerprint density at radius 1 is 1.03 bits per heavy atom. The van der Waals surface area contributed by atoms with Gasteiger partial charge in [0.1, 0.15) is 6.04 Å². The monoisotopic (exact) mass is 475 g/mol. The van der Waals surface area contributed by atoms with E-state index in [4.69, 9.17) is 9.47 Å². The lowest BCUT2D eigenvalue weighted by molar-refractivity contribution is -0.118. The van der Waals surface area contributed by atoms with Crippen molar-refractivity contribution in [1.29, 1.82) is 0 Å². The van der Waals surface area contributed by atoms with Crippen LogP contribution in [0.3, 0.4) is 0 Å². The summed E-state index contributed by atoms with van der Waals surface area (Å²) in [5.74, 6) is 0.0488. The molecule has 0 bridgehead atoms. The van der Waals surface area contributed by atoms with Crippen LogP contribution in [0.1, 0.15) is 26.3 Å². The lowest BCUT2D eigenvalue weighted by Gasteiger charge is -2.22. The van der Waals surface area contributed by atoms with Crippen molar-refractivity contribution >= 4 is 33.2 Å². The van der Waals surface area contributed by atoms with Crippen LogP contribution in [0.5, 0.6) is 11.5 Å². The fourth-order valence-corrected chi connectivity index (χ4v) is 5.13. The van der Waals surface area contributed by atoms with E-state index in [2.05, 4.69) is 10.0 Å². The summed E-state index contributed by atoms with van der Waals surface area (Å²) in [5.41, 5.74) is 1.95. The second-order valence-corrected chi connectivity index (χ2v) is 9.83. The van der Waals surface area contributed by atoms with Gasteiger partial charge < -0.3 is 19.7 Å². The average Bonchev–Trinajstić information content (AvgIpc) is 3.20. The zero-order valence-electron chi connectivity index (χ0n) is 19.3. The molecule has 2 aromatic carbocycles. The summed E-state index contributed by atoms with van der Waals surface area (Å²) in [4.78, 5) is 26.4. The summed E-state index contributed by atoms with van der Waals surface area (Å²) in [6.07, 6.45) is 0.575. The molecule has 1 unspecified atom stereocenters. The first kappa shape index (κ1) is 24.5. The van der Waals surface area contributed by atoms with Crippen molar-refractivity contribution in [1.82, 2.24) is 4.72 Å². The van der Waals surface area contributed by atoms with Gasteiger partial charge in [0.2, 0.25) is 21.8 Å². The Morgan fingerprint density at radius 2 is 1.73 bits per heavy atom. The minimum Gasteiger partial charge on any atom is -0.493 e. The molecule has 0 spiro atoms. The summed E-state index contributed by atoms with van der Waals surface area (Å²) in [7, 11) is -0.987. The van der Waals surface area contributed by atoms with Gasteiger partial charge in [-0.15, -0.1) is 0 Å². The van der Waals surface area contributed by atoms with E-state index in [1.165, 1.54) is 27.2 Å². The van der Waals surface area contributed by atoms with Gasteiger partial charge in [0, 0.05) is 30.9 Å². The van der Waals surface area contributed by atoms with E-state index in [0.29, 0.717) is 35.8 Å². The first-order valence-corrected chi connectivity index (χ1v) is 12.0. The molecule has 1 aliphatic rings. The Balaban J connectivity index is 1.80. The third-order valence-electron chi connectivity index (χ3n) is 5.52. The average molecular weight is 476 g/mol. The minimum absolute atomic E-state index is 0.0521. The molecule has 1 heterocycles. The van der Waals surface area contributed by atoms with Crippen LogP contribution < -0.4 is 24.4 Å². The standard InChI is InChI=1S/C23H29N3O6S/c1-14(2)22(23(28)24-17-6-9-20(31-4)21(13-17)32-5)25-33(29,30)18-7-8-19-16(12-18)10-11-26(19)15(3)27/h6-9,12-14,22,25H,10-11H2,1-5H3,(H,24,28). The van der Waals surface area contributed by atoms with Gasteiger partial charge in [0.15, 0.2) is 11.5 Å². The van der Waals surface area contributed by atoms with Crippen molar-refractivity contribution in [2.75, 3.05) is 31.0 Å². The van der Waals surface area contributed by atoms with Crippen LogP contribution in [0.4, 0.5) is 11.4 Å². The minimum atomic E-state index is -3.98. The van der Waals surface area contributed by atoms with Crippen LogP contribution in [-0.4, -0.2) is 47.0 Å². The number of carbonyl (C=O) groups excluding carboxylic acids is 2. The van der Waals surface area contributed by atoms with Crippen molar-refractivity contribution in [2.24, 2.45) is 5.92 Å². The van der Waals surface area contributed by atoms with E-state index in [9.17, 15) is 18.0 Å². The largest absolute Gasteiger partial charge is 0.493 e. The summed E-state index contributed by atoms with van der Waals surface area (Å²) >= 11 is 0. The Hall–Kier alpha value is -3.11. The second kappa shape index (κ2) is 9.80. The molecule has 2 amide bonds. The molecule has 9 nitrogen and oxygen atoms in total. The molecule has 0 aliphatic carbocycles. The predicted molar refractivity (Wildman–Crippen MR) is 125 cm³/mol. The highest BCUT2D eigenvalue weighted by Gasteiger charge is 2.30. The highest BCUT2D eigenvalue weighted by molar-refractivity contribution is 7.89. The van der Waals surface area contributed by atoms with Crippen LogP contribution in [0, 0.1) is 5.92 Å². The summed E-state index contributed by atoms with van der Waals surface area (Å²) in [5, 5.41) is 2.74. The smallest absolute Gasteiger partial charge is 0.242 e. The number of benzene rings is 2. The van der Waals surface area contributed by atoms with Gasteiger partial charge in [-0.3, -0.25) is 9.59 Å². The third-order valence-corrected chi connectivity index (χ3v) is 6.96. The Labute approximate surface area is 194 Å². The van der Waals surface area contributed by atoms with E-state index >= 15 is 0 Å². The van der Waals surface area contributed by atoms with E-state index in [1.54, 1.807) is 49.1 Å². The molecule has 0 aromatic heterocycles. The Kier molecular flexibility index (Phi) is 7.28. The molecule has 3 rings (SSSR count). The molecule has 10 heteroatoms. The topological polar surface area (TPSA) is 114 Å². The molecule has 1 aliphatic heterocycles. The highest BCUT2D eigenvalue weighted by Crippen LogP contribution is 2.31. The van der Waals surface area contributed by atoms with Gasteiger partial charge in [0.05, 0.1) is 19.1 Å². The quantitative estimate of drug-likeness (QED) is 0.607. The van der Waals surface area contributed by atoms with Crippen molar-refractivity contribution in [3.63, 3.8) is 0 Å². The molecule has 2 N–H and O–H groups in total. The van der Waals surface area contributed by atoms with Crippen LogP contribution in [0.15, 0.2) is 41.3 Å². The molecule has 0 fully saturated rings. The number of hydrogen-bond acceptors (Lipinski definition) is 6. The number of rotatable bonds is 8. The SMILES string of the molecule is COc1ccc(NC(=O)C(NS(=O)(=O)c2ccc3c(c2)CCN3C(C)=O)C(C)C)cc1OC. The van der Waals surface area contributed by atoms with Crippen LogP contribution in [0.2, 0.25) is 0 Å². The first-order chi connectivity index (χ1) is 15.6. The molecule has 2 aromatic rings. The number of ether oxygens (including phenoxy) is 2. The first-order valence-electron chi connectivity index (χ1n) is 10.5. The van der Waals surface area contributed by atoms with Crippen molar-refractivity contribution < 1.29 is 27.5 Å². The van der Waals surface area contributed by atoms with Crippen molar-refractivity contribution in [2.45, 2.75) is 38.1 Å². The second-order valence-electron chi connectivity index (χ2n) is 8.11. The van der Waals surface area contributed by atoms with E-state index < -0.39 is 22.0 Å². The zero-order valence-corrected chi connectivity index (χ0v) is 20.2. The van der Waals surface area contributed by atoms with Crippen LogP contribution >= 0.6 is 0 Å². The van der Waals surface area contributed by atoms with Gasteiger partial charge in [-0.1, -0.05) is 13.8 Å². The fourth-order valence-electron chi connectivity index (χ4n) is 3.73. The maximum absolute atomic E-state index is 13.1. The third kappa shape index (κ3) is 5.28. The molecule has 0 saturated heterocycles. The molecule has 0 saturated carbocycles. The van der Waals surface area contributed by atoms with E-state index in [1.807, 2.05) is 0 Å². The van der Waals surface area contributed by atoms with E-state index in [0.717, 1.165) is 5.56 Å². The predicted octanol–water partition coefficient (Wildman–Crippen LogP) is 2.55. The van der Waals surface area contributed by atoms with Crippen molar-refractivity contribution in [3.05, 3.63) is 42.0 Å². The molecule has 0 radical (unpaired) electrons. The number of anilines is 2. The lowest BCUT2D eigenvalue weighted by atomic mass is 10.0. The molecule has 1 atom stereocenters. The number of carbonyl (C=O) groups is 2.